The summed E-state index contributed by atoms with van der Waals surface area (Å²) >= 11 is 0. The Labute approximate surface area is 110 Å². The highest BCUT2D eigenvalue weighted by Crippen LogP contribution is 2.39. The van der Waals surface area contributed by atoms with E-state index in [9.17, 15) is 9.90 Å². The lowest BCUT2D eigenvalue weighted by Crippen LogP contribution is -2.54. The second-order valence-corrected chi connectivity index (χ2v) is 6.19. The summed E-state index contributed by atoms with van der Waals surface area (Å²) in [5.41, 5.74) is -0.476. The largest absolute Gasteiger partial charge is 0.389 e. The standard InChI is InChI=1S/C14H26N2O2/c1-15(2)9-6-13(17)16-10-8-14(18)7-4-3-5-12(14)11-16/h12,18H,3-11H2,1-2H3. The van der Waals surface area contributed by atoms with Crippen molar-refractivity contribution in [2.75, 3.05) is 33.7 Å². The van der Waals surface area contributed by atoms with Gasteiger partial charge in [-0.1, -0.05) is 12.8 Å². The molecule has 18 heavy (non-hydrogen) atoms. The first-order valence-corrected chi connectivity index (χ1v) is 7.16. The number of rotatable bonds is 3. The average Bonchev–Trinajstić information content (AvgIpc) is 2.34. The van der Waals surface area contributed by atoms with Gasteiger partial charge >= 0.3 is 0 Å². The number of piperidine rings is 1. The molecule has 0 aromatic heterocycles. The number of amides is 1. The lowest BCUT2D eigenvalue weighted by Gasteiger charge is -2.47. The van der Waals surface area contributed by atoms with Crippen LogP contribution in [-0.4, -0.2) is 60.1 Å². The fourth-order valence-corrected chi connectivity index (χ4v) is 3.27. The highest BCUT2D eigenvalue weighted by atomic mass is 16.3. The van der Waals surface area contributed by atoms with Crippen molar-refractivity contribution >= 4 is 5.91 Å². The van der Waals surface area contributed by atoms with E-state index in [-0.39, 0.29) is 5.91 Å². The Kier molecular flexibility index (Phi) is 4.28. The quantitative estimate of drug-likeness (QED) is 0.820. The second kappa shape index (κ2) is 5.57. The van der Waals surface area contributed by atoms with Gasteiger partial charge in [-0.05, 0) is 33.4 Å². The van der Waals surface area contributed by atoms with Gasteiger partial charge in [-0.2, -0.15) is 0 Å². The van der Waals surface area contributed by atoms with Gasteiger partial charge in [0.05, 0.1) is 5.60 Å². The summed E-state index contributed by atoms with van der Waals surface area (Å²) in [6.45, 7) is 2.31. The van der Waals surface area contributed by atoms with Gasteiger partial charge in [0, 0.05) is 32.0 Å². The molecule has 0 aromatic rings. The van der Waals surface area contributed by atoms with Crippen LogP contribution in [0, 0.1) is 5.92 Å². The average molecular weight is 254 g/mol. The number of nitrogens with zero attached hydrogens (tertiary/aromatic N) is 2. The van der Waals surface area contributed by atoms with Crippen molar-refractivity contribution in [3.63, 3.8) is 0 Å². The van der Waals surface area contributed by atoms with Crippen molar-refractivity contribution in [2.45, 2.75) is 44.1 Å². The minimum atomic E-state index is -0.476. The van der Waals surface area contributed by atoms with Crippen molar-refractivity contribution in [3.05, 3.63) is 0 Å². The third kappa shape index (κ3) is 3.04. The van der Waals surface area contributed by atoms with Crippen LogP contribution in [-0.2, 0) is 4.79 Å². The van der Waals surface area contributed by atoms with Crippen LogP contribution < -0.4 is 0 Å². The van der Waals surface area contributed by atoms with Gasteiger partial charge in [-0.25, -0.2) is 0 Å². The minimum Gasteiger partial charge on any atom is -0.389 e. The molecule has 4 nitrogen and oxygen atoms in total. The van der Waals surface area contributed by atoms with Crippen LogP contribution in [0.3, 0.4) is 0 Å². The van der Waals surface area contributed by atoms with E-state index < -0.39 is 5.60 Å². The minimum absolute atomic E-state index is 0.247. The molecule has 0 aromatic carbocycles. The zero-order valence-corrected chi connectivity index (χ0v) is 11.7. The van der Waals surface area contributed by atoms with Crippen LogP contribution in [0.15, 0.2) is 0 Å². The number of carbonyl (C=O) groups is 1. The fourth-order valence-electron chi connectivity index (χ4n) is 3.27. The number of fused-ring (bicyclic) bond motifs is 1. The molecule has 0 spiro atoms. The van der Waals surface area contributed by atoms with Crippen molar-refractivity contribution in [3.8, 4) is 0 Å². The molecule has 1 saturated heterocycles. The lowest BCUT2D eigenvalue weighted by molar-refractivity contribution is -0.143. The monoisotopic (exact) mass is 254 g/mol. The number of hydrogen-bond acceptors (Lipinski definition) is 3. The van der Waals surface area contributed by atoms with Crippen LogP contribution in [0.1, 0.15) is 38.5 Å². The highest BCUT2D eigenvalue weighted by molar-refractivity contribution is 5.76. The normalized spacial score (nSPS) is 32.4. The van der Waals surface area contributed by atoms with Crippen LogP contribution in [0.4, 0.5) is 0 Å². The Hall–Kier alpha value is -0.610. The van der Waals surface area contributed by atoms with Crippen molar-refractivity contribution < 1.29 is 9.90 Å². The third-order valence-corrected chi connectivity index (χ3v) is 4.55. The van der Waals surface area contributed by atoms with Crippen LogP contribution in [0.25, 0.3) is 0 Å². The Bertz CT molecular complexity index is 306. The van der Waals surface area contributed by atoms with E-state index >= 15 is 0 Å². The van der Waals surface area contributed by atoms with E-state index in [1.807, 2.05) is 23.9 Å². The molecule has 2 aliphatic rings. The van der Waals surface area contributed by atoms with Gasteiger partial charge in [0.2, 0.25) is 5.91 Å². The number of aliphatic hydroxyl groups is 1. The Morgan fingerprint density at radius 3 is 2.89 bits per heavy atom. The van der Waals surface area contributed by atoms with Gasteiger partial charge < -0.3 is 14.9 Å². The van der Waals surface area contributed by atoms with E-state index in [2.05, 4.69) is 0 Å². The topological polar surface area (TPSA) is 43.8 Å². The fraction of sp³-hybridized carbons (Fsp3) is 0.929. The van der Waals surface area contributed by atoms with Crippen molar-refractivity contribution in [2.24, 2.45) is 5.92 Å². The number of likely N-dealkylation sites (tertiary alicyclic amines) is 1. The molecule has 1 saturated carbocycles. The molecule has 1 aliphatic carbocycles. The van der Waals surface area contributed by atoms with E-state index in [1.54, 1.807) is 0 Å². The van der Waals surface area contributed by atoms with Gasteiger partial charge in [-0.3, -0.25) is 4.79 Å². The summed E-state index contributed by atoms with van der Waals surface area (Å²) in [7, 11) is 3.98. The smallest absolute Gasteiger partial charge is 0.223 e. The van der Waals surface area contributed by atoms with E-state index in [1.165, 1.54) is 6.42 Å². The van der Waals surface area contributed by atoms with E-state index in [4.69, 9.17) is 0 Å². The molecule has 0 radical (unpaired) electrons. The summed E-state index contributed by atoms with van der Waals surface area (Å²) in [6.07, 6.45) is 5.71. The molecular weight excluding hydrogens is 228 g/mol. The zero-order chi connectivity index (χ0) is 13.2. The summed E-state index contributed by atoms with van der Waals surface area (Å²) in [6, 6.07) is 0. The maximum atomic E-state index is 12.1. The van der Waals surface area contributed by atoms with Crippen LogP contribution in [0.5, 0.6) is 0 Å². The Balaban J connectivity index is 1.88. The van der Waals surface area contributed by atoms with E-state index in [0.29, 0.717) is 12.3 Å². The third-order valence-electron chi connectivity index (χ3n) is 4.55. The van der Waals surface area contributed by atoms with Crippen molar-refractivity contribution in [1.29, 1.82) is 0 Å². The maximum Gasteiger partial charge on any atom is 0.223 e. The Morgan fingerprint density at radius 2 is 2.17 bits per heavy atom. The van der Waals surface area contributed by atoms with Gasteiger partial charge in [0.25, 0.3) is 0 Å². The van der Waals surface area contributed by atoms with Gasteiger partial charge in [0.1, 0.15) is 0 Å². The van der Waals surface area contributed by atoms with Crippen molar-refractivity contribution in [1.82, 2.24) is 9.80 Å². The molecule has 2 fully saturated rings. The molecule has 0 bridgehead atoms. The molecule has 1 aliphatic heterocycles. The van der Waals surface area contributed by atoms with E-state index in [0.717, 1.165) is 45.3 Å². The SMILES string of the molecule is CN(C)CCC(=O)N1CCC2(O)CCCCC2C1. The first-order valence-electron chi connectivity index (χ1n) is 7.16. The van der Waals surface area contributed by atoms with Crippen LogP contribution in [0.2, 0.25) is 0 Å². The first kappa shape index (κ1) is 13.8. The van der Waals surface area contributed by atoms with Gasteiger partial charge in [0.15, 0.2) is 0 Å². The molecule has 2 rings (SSSR count). The molecule has 1 heterocycles. The summed E-state index contributed by atoms with van der Waals surface area (Å²) in [5, 5.41) is 10.6. The lowest BCUT2D eigenvalue weighted by atomic mass is 9.71. The van der Waals surface area contributed by atoms with Gasteiger partial charge in [-0.15, -0.1) is 0 Å². The first-order chi connectivity index (χ1) is 8.51. The second-order valence-electron chi connectivity index (χ2n) is 6.19. The molecular formula is C14H26N2O2. The maximum absolute atomic E-state index is 12.1. The number of carbonyl (C=O) groups excluding carboxylic acids is 1. The molecule has 2 atom stereocenters. The number of hydrogen-bond donors (Lipinski definition) is 1. The molecule has 4 heteroatoms. The molecule has 104 valence electrons. The predicted molar refractivity (Wildman–Crippen MR) is 71.3 cm³/mol. The molecule has 1 amide bonds. The Morgan fingerprint density at radius 1 is 1.39 bits per heavy atom. The summed E-state index contributed by atoms with van der Waals surface area (Å²) < 4.78 is 0. The molecule has 1 N–H and O–H groups in total. The zero-order valence-electron chi connectivity index (χ0n) is 11.7. The summed E-state index contributed by atoms with van der Waals surface area (Å²) in [5.74, 6) is 0.555. The summed E-state index contributed by atoms with van der Waals surface area (Å²) in [4.78, 5) is 16.1. The highest BCUT2D eigenvalue weighted by Gasteiger charge is 2.43. The molecule has 2 unspecified atom stereocenters. The predicted octanol–water partition coefficient (Wildman–Crippen LogP) is 1.09. The van der Waals surface area contributed by atoms with Crippen LogP contribution >= 0.6 is 0 Å².